The van der Waals surface area contributed by atoms with E-state index in [1.165, 1.54) is 11.8 Å². The van der Waals surface area contributed by atoms with Gasteiger partial charge in [-0.3, -0.25) is 4.79 Å². The highest BCUT2D eigenvalue weighted by Crippen LogP contribution is 2.39. The van der Waals surface area contributed by atoms with Gasteiger partial charge in [-0.1, -0.05) is 18.2 Å². The molecule has 3 nitrogen and oxygen atoms in total. The molecule has 0 bridgehead atoms. The second-order valence-electron chi connectivity index (χ2n) is 2.69. The van der Waals surface area contributed by atoms with Crippen molar-refractivity contribution in [2.45, 2.75) is 5.44 Å². The molecule has 0 amide bonds. The molecule has 0 aliphatic carbocycles. The highest BCUT2D eigenvalue weighted by Gasteiger charge is 2.27. The van der Waals surface area contributed by atoms with Crippen molar-refractivity contribution >= 4 is 17.7 Å². The summed E-state index contributed by atoms with van der Waals surface area (Å²) in [5.41, 5.74) is 0.326. The maximum absolute atomic E-state index is 10.8. The van der Waals surface area contributed by atoms with Gasteiger partial charge in [-0.15, -0.1) is 11.8 Å². The summed E-state index contributed by atoms with van der Waals surface area (Å²) < 4.78 is 4.99. The summed E-state index contributed by atoms with van der Waals surface area (Å²) in [6, 6.07) is 6.88. The molecule has 1 atom stereocenters. The van der Waals surface area contributed by atoms with E-state index in [9.17, 15) is 9.90 Å². The zero-order valence-corrected chi connectivity index (χ0v) is 7.58. The normalized spacial score (nSPS) is 21.5. The zero-order valence-electron chi connectivity index (χ0n) is 6.77. The quantitative estimate of drug-likeness (QED) is 0.694. The minimum Gasteiger partial charge on any atom is -0.507 e. The van der Waals surface area contributed by atoms with Gasteiger partial charge in [0.1, 0.15) is 5.75 Å². The number of esters is 1. The molecule has 0 radical (unpaired) electrons. The van der Waals surface area contributed by atoms with Gasteiger partial charge in [-0.25, -0.2) is 0 Å². The number of para-hydroxylation sites is 1. The molecule has 2 rings (SSSR count). The van der Waals surface area contributed by atoms with Crippen LogP contribution in [0.15, 0.2) is 24.3 Å². The summed E-state index contributed by atoms with van der Waals surface area (Å²) >= 11 is 1.39. The molecule has 0 aromatic heterocycles. The fraction of sp³-hybridized carbons (Fsp3) is 0.222. The van der Waals surface area contributed by atoms with Crippen molar-refractivity contribution in [2.24, 2.45) is 0 Å². The van der Waals surface area contributed by atoms with Crippen LogP contribution in [0.2, 0.25) is 0 Å². The zero-order chi connectivity index (χ0) is 9.26. The van der Waals surface area contributed by atoms with Crippen molar-refractivity contribution in [3.63, 3.8) is 0 Å². The van der Waals surface area contributed by atoms with Gasteiger partial charge in [0.05, 0.1) is 5.75 Å². The minimum absolute atomic E-state index is 0.176. The number of cyclic esters (lactones) is 1. The predicted molar refractivity (Wildman–Crippen MR) is 49.4 cm³/mol. The summed E-state index contributed by atoms with van der Waals surface area (Å²) in [4.78, 5) is 10.8. The number of carbonyl (C=O) groups is 1. The summed E-state index contributed by atoms with van der Waals surface area (Å²) in [6.45, 7) is 0. The molecule has 1 N–H and O–H groups in total. The lowest BCUT2D eigenvalue weighted by molar-refractivity contribution is -0.140. The lowest BCUT2D eigenvalue weighted by Crippen LogP contribution is -1.98. The van der Waals surface area contributed by atoms with E-state index in [-0.39, 0.29) is 17.2 Å². The van der Waals surface area contributed by atoms with Gasteiger partial charge in [-0.2, -0.15) is 0 Å². The fourth-order valence-electron chi connectivity index (χ4n) is 1.17. The Morgan fingerprint density at radius 1 is 1.46 bits per heavy atom. The van der Waals surface area contributed by atoms with Gasteiger partial charge >= 0.3 is 5.97 Å². The number of phenolic OH excluding ortho intramolecular Hbond substituents is 1. The lowest BCUT2D eigenvalue weighted by atomic mass is 10.2. The molecule has 0 spiro atoms. The van der Waals surface area contributed by atoms with Crippen LogP contribution >= 0.6 is 11.8 Å². The van der Waals surface area contributed by atoms with E-state index < -0.39 is 0 Å². The molecule has 1 aromatic rings. The molecule has 4 heteroatoms. The highest BCUT2D eigenvalue weighted by atomic mass is 32.2. The van der Waals surface area contributed by atoms with Crippen LogP contribution in [0.4, 0.5) is 0 Å². The summed E-state index contributed by atoms with van der Waals surface area (Å²) in [5, 5.41) is 9.45. The third-order valence-electron chi connectivity index (χ3n) is 1.78. The number of benzene rings is 1. The summed E-state index contributed by atoms with van der Waals surface area (Å²) in [5.74, 6) is 0.312. The van der Waals surface area contributed by atoms with Gasteiger partial charge in [0.2, 0.25) is 0 Å². The second-order valence-corrected chi connectivity index (χ2v) is 3.74. The number of ether oxygens (including phenoxy) is 1. The van der Waals surface area contributed by atoms with E-state index in [1.54, 1.807) is 18.2 Å². The van der Waals surface area contributed by atoms with Crippen LogP contribution in [0.25, 0.3) is 0 Å². The van der Waals surface area contributed by atoms with Crippen molar-refractivity contribution in [3.05, 3.63) is 29.8 Å². The van der Waals surface area contributed by atoms with Gasteiger partial charge in [0, 0.05) is 5.56 Å². The van der Waals surface area contributed by atoms with Crippen LogP contribution in [-0.4, -0.2) is 16.8 Å². The van der Waals surface area contributed by atoms with E-state index in [4.69, 9.17) is 4.74 Å². The Hall–Kier alpha value is -1.16. The summed E-state index contributed by atoms with van der Waals surface area (Å²) in [6.07, 6.45) is 0. The summed E-state index contributed by atoms with van der Waals surface area (Å²) in [7, 11) is 0. The third kappa shape index (κ3) is 1.62. The van der Waals surface area contributed by atoms with Crippen LogP contribution < -0.4 is 0 Å². The van der Waals surface area contributed by atoms with Crippen LogP contribution in [0.1, 0.15) is 11.0 Å². The molecule has 1 aromatic carbocycles. The molecular weight excluding hydrogens is 188 g/mol. The maximum atomic E-state index is 10.8. The molecule has 1 aliphatic rings. The standard InChI is InChI=1S/C9H8O3S/c10-7-4-2-1-3-6(7)9-12-8(11)5-13-9/h1-4,9-10H,5H2/t9-/m1/s1. The number of rotatable bonds is 1. The fourth-order valence-corrected chi connectivity index (χ4v) is 2.08. The Balaban J connectivity index is 2.26. The average Bonchev–Trinajstić information content (AvgIpc) is 2.53. The molecule has 1 aliphatic heterocycles. The monoisotopic (exact) mass is 196 g/mol. The van der Waals surface area contributed by atoms with E-state index in [0.29, 0.717) is 11.3 Å². The minimum atomic E-state index is -0.339. The van der Waals surface area contributed by atoms with Gasteiger partial charge in [0.15, 0.2) is 5.44 Å². The van der Waals surface area contributed by atoms with E-state index in [1.807, 2.05) is 6.07 Å². The number of hydrogen-bond acceptors (Lipinski definition) is 4. The predicted octanol–water partition coefficient (Wildman–Crippen LogP) is 1.68. The number of phenols is 1. The molecule has 68 valence electrons. The van der Waals surface area contributed by atoms with Crippen LogP contribution in [0.3, 0.4) is 0 Å². The first-order chi connectivity index (χ1) is 6.27. The van der Waals surface area contributed by atoms with Crippen molar-refractivity contribution in [2.75, 3.05) is 5.75 Å². The first kappa shape index (κ1) is 8.44. The first-order valence-corrected chi connectivity index (χ1v) is 4.91. The largest absolute Gasteiger partial charge is 0.507 e. The van der Waals surface area contributed by atoms with Crippen LogP contribution in [0.5, 0.6) is 5.75 Å². The molecule has 13 heavy (non-hydrogen) atoms. The molecular formula is C9H8O3S. The van der Waals surface area contributed by atoms with Crippen molar-refractivity contribution in [1.29, 1.82) is 0 Å². The molecule has 1 heterocycles. The number of carbonyl (C=O) groups excluding carboxylic acids is 1. The first-order valence-electron chi connectivity index (χ1n) is 3.86. The maximum Gasteiger partial charge on any atom is 0.317 e. The second kappa shape index (κ2) is 3.30. The van der Waals surface area contributed by atoms with Gasteiger partial charge in [0.25, 0.3) is 0 Å². The van der Waals surface area contributed by atoms with Crippen molar-refractivity contribution in [3.8, 4) is 5.75 Å². The van der Waals surface area contributed by atoms with E-state index >= 15 is 0 Å². The smallest absolute Gasteiger partial charge is 0.317 e. The lowest BCUT2D eigenvalue weighted by Gasteiger charge is -2.09. The van der Waals surface area contributed by atoms with E-state index in [2.05, 4.69) is 0 Å². The SMILES string of the molecule is O=C1CS[C@H](c2ccccc2O)O1. The van der Waals surface area contributed by atoms with Gasteiger partial charge < -0.3 is 9.84 Å². The van der Waals surface area contributed by atoms with Crippen LogP contribution in [0, 0.1) is 0 Å². The van der Waals surface area contributed by atoms with E-state index in [0.717, 1.165) is 0 Å². The topological polar surface area (TPSA) is 46.5 Å². The Morgan fingerprint density at radius 3 is 2.85 bits per heavy atom. The Kier molecular flexibility index (Phi) is 2.14. The van der Waals surface area contributed by atoms with Crippen molar-refractivity contribution in [1.82, 2.24) is 0 Å². The van der Waals surface area contributed by atoms with Crippen LogP contribution in [-0.2, 0) is 9.53 Å². The molecule has 1 saturated heterocycles. The molecule has 0 unspecified atom stereocenters. The molecule has 1 fully saturated rings. The Labute approximate surface area is 79.7 Å². The Morgan fingerprint density at radius 2 is 2.23 bits per heavy atom. The van der Waals surface area contributed by atoms with Crippen molar-refractivity contribution < 1.29 is 14.6 Å². The number of aromatic hydroxyl groups is 1. The number of thioether (sulfide) groups is 1. The highest BCUT2D eigenvalue weighted by molar-refractivity contribution is 8.00. The Bertz CT molecular complexity index is 337. The molecule has 0 saturated carbocycles. The number of hydrogen-bond donors (Lipinski definition) is 1. The third-order valence-corrected chi connectivity index (χ3v) is 2.84. The van der Waals surface area contributed by atoms with Gasteiger partial charge in [-0.05, 0) is 6.07 Å². The average molecular weight is 196 g/mol.